The average molecular weight is 826 g/mol. The minimum Gasteiger partial charge on any atom is -0.371 e. The number of alkyl halides is 2. The van der Waals surface area contributed by atoms with Gasteiger partial charge in [-0.05, 0) is 85.0 Å². The van der Waals surface area contributed by atoms with Gasteiger partial charge in [0, 0.05) is 104 Å². The van der Waals surface area contributed by atoms with Gasteiger partial charge in [-0.2, -0.15) is 0 Å². The van der Waals surface area contributed by atoms with E-state index in [1.807, 2.05) is 53.1 Å². The molecule has 0 saturated carbocycles. The van der Waals surface area contributed by atoms with Crippen molar-refractivity contribution in [1.29, 1.82) is 0 Å². The van der Waals surface area contributed by atoms with E-state index < -0.39 is 42.6 Å². The van der Waals surface area contributed by atoms with Gasteiger partial charge in [0.1, 0.15) is 17.7 Å². The Labute approximate surface area is 344 Å². The molecule has 4 aromatic rings. The van der Waals surface area contributed by atoms with Crippen LogP contribution < -0.4 is 10.2 Å². The van der Waals surface area contributed by atoms with Crippen molar-refractivity contribution in [3.8, 4) is 0 Å². The SMILES string of the molecule is C[C@@H]1Cc2c([nH]c3ccccc23)[C@@H](c2c(F)cc(N3CCC(N4CC(CC(=O)N5Cc6cc7c(cc6C5)C(=O)N(C5CCC(=O)NC5=O)C7)C4)CC3)cc2F)N1CC(F)F. The van der Waals surface area contributed by atoms with Crippen molar-refractivity contribution in [2.45, 2.75) is 95.7 Å². The van der Waals surface area contributed by atoms with Crippen molar-refractivity contribution in [2.75, 3.05) is 37.6 Å². The molecule has 0 aliphatic carbocycles. The number of H-pyrrole nitrogens is 1. The number of nitrogens with one attached hydrogen (secondary N) is 2. The molecule has 0 radical (unpaired) electrons. The molecule has 6 aliphatic heterocycles. The van der Waals surface area contributed by atoms with E-state index in [4.69, 9.17) is 0 Å². The van der Waals surface area contributed by atoms with Gasteiger partial charge in [0.2, 0.25) is 17.7 Å². The zero-order valence-electron chi connectivity index (χ0n) is 33.4. The van der Waals surface area contributed by atoms with E-state index >= 15 is 8.78 Å². The lowest BCUT2D eigenvalue weighted by Crippen LogP contribution is -2.56. The zero-order chi connectivity index (χ0) is 41.6. The molecule has 4 amide bonds. The van der Waals surface area contributed by atoms with Crippen LogP contribution in [0, 0.1) is 17.6 Å². The number of amides is 4. The van der Waals surface area contributed by atoms with E-state index in [1.165, 1.54) is 17.0 Å². The van der Waals surface area contributed by atoms with E-state index in [0.717, 1.165) is 59.1 Å². The molecule has 15 heteroatoms. The third kappa shape index (κ3) is 6.73. The summed E-state index contributed by atoms with van der Waals surface area (Å²) in [6.45, 7) is 5.26. The highest BCUT2D eigenvalue weighted by molar-refractivity contribution is 6.05. The van der Waals surface area contributed by atoms with Gasteiger partial charge in [-0.1, -0.05) is 24.3 Å². The summed E-state index contributed by atoms with van der Waals surface area (Å²) in [6, 6.07) is 12.4. The number of imide groups is 1. The fourth-order valence-corrected chi connectivity index (χ4v) is 10.8. The standard InChI is InChI=1S/C45H47F4N7O4/c1-24-12-33-31-4-2-3-5-36(31)50-42(33)43(55(24)23-38(48)49)41-34(46)16-30(17-35(41)47)52-10-8-29(9-11-52)53-18-25(19-53)13-40(58)54-20-26-14-28-22-56(37-6-7-39(57)51-44(37)59)45(60)32(28)15-27(26)21-54/h2-5,14-17,24-25,29,37-38,43,50H,6-13,18-23H2,1H3,(H,51,57,59)/t24-,37?,43-/m1/s1. The van der Waals surface area contributed by atoms with Crippen molar-refractivity contribution in [3.63, 3.8) is 0 Å². The summed E-state index contributed by atoms with van der Waals surface area (Å²) in [6.07, 6.45) is 0.375. The Kier molecular flexibility index (Phi) is 9.73. The Morgan fingerprint density at radius 3 is 2.33 bits per heavy atom. The van der Waals surface area contributed by atoms with Gasteiger partial charge in [0.15, 0.2) is 0 Å². The van der Waals surface area contributed by atoms with Gasteiger partial charge >= 0.3 is 0 Å². The van der Waals surface area contributed by atoms with Crippen LogP contribution in [-0.4, -0.2) is 105 Å². The second-order valence-corrected chi connectivity index (χ2v) is 17.6. The average Bonchev–Trinajstić information content (AvgIpc) is 3.88. The minimum atomic E-state index is -2.67. The number of halogens is 4. The molecule has 7 heterocycles. The number of anilines is 1. The molecule has 3 atom stereocenters. The molecule has 10 rings (SSSR count). The summed E-state index contributed by atoms with van der Waals surface area (Å²) in [5, 5.41) is 3.27. The molecule has 3 fully saturated rings. The molecule has 11 nitrogen and oxygen atoms in total. The van der Waals surface area contributed by atoms with Crippen LogP contribution in [0.4, 0.5) is 23.2 Å². The van der Waals surface area contributed by atoms with E-state index in [-0.39, 0.29) is 41.7 Å². The maximum Gasteiger partial charge on any atom is 0.255 e. The van der Waals surface area contributed by atoms with Crippen molar-refractivity contribution >= 4 is 40.2 Å². The van der Waals surface area contributed by atoms with Gasteiger partial charge in [0.05, 0.1) is 12.6 Å². The number of nitrogens with zero attached hydrogens (tertiary/aromatic N) is 5. The quantitative estimate of drug-likeness (QED) is 0.175. The highest BCUT2D eigenvalue weighted by atomic mass is 19.3. The summed E-state index contributed by atoms with van der Waals surface area (Å²) in [5.41, 5.74) is 5.84. The third-order valence-electron chi connectivity index (χ3n) is 13.9. The lowest BCUT2D eigenvalue weighted by atomic mass is 9.88. The molecule has 1 aromatic heterocycles. The highest BCUT2D eigenvalue weighted by Crippen LogP contribution is 2.44. The summed E-state index contributed by atoms with van der Waals surface area (Å²) >= 11 is 0. The molecular weight excluding hydrogens is 779 g/mol. The van der Waals surface area contributed by atoms with E-state index in [1.54, 1.807) is 4.90 Å². The van der Waals surface area contributed by atoms with Gasteiger partial charge in [-0.3, -0.25) is 34.3 Å². The van der Waals surface area contributed by atoms with Crippen LogP contribution in [0.1, 0.15) is 88.9 Å². The van der Waals surface area contributed by atoms with Crippen molar-refractivity contribution < 1.29 is 36.7 Å². The number of aromatic amines is 1. The number of carbonyl (C=O) groups is 4. The number of aromatic nitrogens is 1. The third-order valence-corrected chi connectivity index (χ3v) is 13.9. The Morgan fingerprint density at radius 1 is 0.900 bits per heavy atom. The monoisotopic (exact) mass is 825 g/mol. The normalized spacial score (nSPS) is 24.0. The van der Waals surface area contributed by atoms with Gasteiger partial charge < -0.3 is 19.7 Å². The molecule has 3 saturated heterocycles. The van der Waals surface area contributed by atoms with Crippen LogP contribution in [0.5, 0.6) is 0 Å². The lowest BCUT2D eigenvalue weighted by molar-refractivity contribution is -0.137. The Morgan fingerprint density at radius 2 is 1.62 bits per heavy atom. The number of carbonyl (C=O) groups excluding carboxylic acids is 4. The fourth-order valence-electron chi connectivity index (χ4n) is 10.8. The fraction of sp³-hybridized carbons (Fsp3) is 0.467. The summed E-state index contributed by atoms with van der Waals surface area (Å²) in [4.78, 5) is 63.4. The molecule has 0 bridgehead atoms. The zero-order valence-corrected chi connectivity index (χ0v) is 33.4. The number of benzene rings is 3. The van der Waals surface area contributed by atoms with Crippen LogP contribution in [0.3, 0.4) is 0 Å². The Hall–Kier alpha value is -5.28. The second kappa shape index (κ2) is 15.0. The molecule has 2 N–H and O–H groups in total. The molecule has 1 unspecified atom stereocenters. The van der Waals surface area contributed by atoms with Crippen molar-refractivity contribution in [3.05, 3.63) is 99.2 Å². The summed E-state index contributed by atoms with van der Waals surface area (Å²) in [7, 11) is 0. The first-order chi connectivity index (χ1) is 28.9. The summed E-state index contributed by atoms with van der Waals surface area (Å²) < 4.78 is 60.3. The van der Waals surface area contributed by atoms with Crippen LogP contribution in [0.15, 0.2) is 48.5 Å². The van der Waals surface area contributed by atoms with Crippen LogP contribution in [0.2, 0.25) is 0 Å². The molecule has 6 aliphatic rings. The van der Waals surface area contributed by atoms with Crippen LogP contribution in [-0.2, 0) is 40.4 Å². The molecular formula is C45H47F4N7O4. The molecule has 60 heavy (non-hydrogen) atoms. The maximum atomic E-state index is 16.2. The first-order valence-corrected chi connectivity index (χ1v) is 21.1. The Balaban J connectivity index is 0.737. The number of hydrogen-bond donors (Lipinski definition) is 2. The minimum absolute atomic E-state index is 0.0793. The second-order valence-electron chi connectivity index (χ2n) is 17.6. The number of likely N-dealkylation sites (tertiary alicyclic amines) is 1. The van der Waals surface area contributed by atoms with Gasteiger partial charge in [0.25, 0.3) is 12.3 Å². The predicted molar refractivity (Wildman–Crippen MR) is 214 cm³/mol. The molecule has 3 aromatic carbocycles. The van der Waals surface area contributed by atoms with Gasteiger partial charge in [-0.25, -0.2) is 17.6 Å². The van der Waals surface area contributed by atoms with E-state index in [9.17, 15) is 28.0 Å². The number of fused-ring (bicyclic) bond motifs is 5. The topological polar surface area (TPSA) is 112 Å². The van der Waals surface area contributed by atoms with E-state index in [2.05, 4.69) is 15.2 Å². The largest absolute Gasteiger partial charge is 0.371 e. The lowest BCUT2D eigenvalue weighted by Gasteiger charge is -2.47. The van der Waals surface area contributed by atoms with Crippen LogP contribution in [0.25, 0.3) is 10.9 Å². The van der Waals surface area contributed by atoms with Crippen LogP contribution >= 0.6 is 0 Å². The first-order valence-electron chi connectivity index (χ1n) is 21.1. The first kappa shape index (κ1) is 38.9. The van der Waals surface area contributed by atoms with E-state index in [0.29, 0.717) is 75.0 Å². The number of para-hydroxylation sites is 1. The number of rotatable bonds is 8. The molecule has 0 spiro atoms. The summed E-state index contributed by atoms with van der Waals surface area (Å²) in [5.74, 6) is -2.17. The van der Waals surface area contributed by atoms with Crippen molar-refractivity contribution in [2.24, 2.45) is 5.92 Å². The number of hydrogen-bond acceptors (Lipinski definition) is 7. The maximum absolute atomic E-state index is 16.2. The predicted octanol–water partition coefficient (Wildman–Crippen LogP) is 5.64. The smallest absolute Gasteiger partial charge is 0.255 e. The molecule has 314 valence electrons. The number of piperidine rings is 2. The Bertz CT molecular complexity index is 2400. The van der Waals surface area contributed by atoms with Crippen molar-refractivity contribution in [1.82, 2.24) is 29.9 Å². The highest BCUT2D eigenvalue weighted by Gasteiger charge is 2.43. The van der Waals surface area contributed by atoms with Gasteiger partial charge in [-0.15, -0.1) is 0 Å².